The highest BCUT2D eigenvalue weighted by atomic mass is 35.5. The van der Waals surface area contributed by atoms with Gasteiger partial charge in [-0.25, -0.2) is 9.78 Å². The van der Waals surface area contributed by atoms with E-state index < -0.39 is 5.97 Å². The molecule has 0 fully saturated rings. The molecule has 174 valence electrons. The Bertz CT molecular complexity index is 1160. The Balaban J connectivity index is 1.58. The third-order valence-electron chi connectivity index (χ3n) is 4.23. The molecular weight excluding hydrogens is 488 g/mol. The number of esters is 1. The van der Waals surface area contributed by atoms with Gasteiger partial charge in [-0.2, -0.15) is 0 Å². The lowest BCUT2D eigenvalue weighted by Gasteiger charge is -2.06. The fraction of sp³-hybridized carbons (Fsp3) is 0.286. The van der Waals surface area contributed by atoms with Crippen molar-refractivity contribution < 1.29 is 23.9 Å². The second-order valence-corrected chi connectivity index (χ2v) is 9.08. The number of aromatic amines is 1. The molecule has 0 saturated carbocycles. The molecule has 0 saturated heterocycles. The van der Waals surface area contributed by atoms with Gasteiger partial charge in [-0.05, 0) is 50.6 Å². The van der Waals surface area contributed by atoms with E-state index in [4.69, 9.17) is 21.1 Å². The molecule has 1 aromatic carbocycles. The van der Waals surface area contributed by atoms with Gasteiger partial charge in [-0.1, -0.05) is 23.4 Å². The predicted molar refractivity (Wildman–Crippen MR) is 127 cm³/mol. The largest absolute Gasteiger partial charge is 0.486 e. The Morgan fingerprint density at radius 2 is 1.97 bits per heavy atom. The molecule has 12 heteroatoms. The molecule has 0 aliphatic carbocycles. The van der Waals surface area contributed by atoms with Crippen LogP contribution >= 0.6 is 34.7 Å². The monoisotopic (exact) mass is 508 g/mol. The summed E-state index contributed by atoms with van der Waals surface area (Å²) in [5, 5.41) is 10.8. The highest BCUT2D eigenvalue weighted by Crippen LogP contribution is 2.34. The minimum absolute atomic E-state index is 0.00392. The number of Topliss-reactive ketones (excluding diaryl/α,β-unsaturated/α-hetero) is 1. The van der Waals surface area contributed by atoms with Crippen molar-refractivity contribution in [3.63, 3.8) is 0 Å². The standard InChI is InChI=1S/C21H21ClN4O5S2/c1-4-30-20(29)17-11(2)18(12(3)27)33-19(17)24-16(28)10-32-21-23-15(25-26-21)9-31-14-7-5-13(22)6-8-14/h5-8H,4,9-10H2,1-3H3,(H,24,28)(H,23,25,26). The second kappa shape index (κ2) is 11.3. The molecule has 0 spiro atoms. The van der Waals surface area contributed by atoms with E-state index in [2.05, 4.69) is 20.5 Å². The molecule has 2 aromatic heterocycles. The Hall–Kier alpha value is -2.89. The first kappa shape index (κ1) is 24.7. The van der Waals surface area contributed by atoms with E-state index in [9.17, 15) is 14.4 Å². The number of ether oxygens (including phenoxy) is 2. The van der Waals surface area contributed by atoms with Gasteiger partial charge in [0.25, 0.3) is 0 Å². The van der Waals surface area contributed by atoms with Gasteiger partial charge in [0.2, 0.25) is 11.1 Å². The molecule has 9 nitrogen and oxygen atoms in total. The quantitative estimate of drug-likeness (QED) is 0.233. The fourth-order valence-corrected chi connectivity index (χ4v) is 4.62. The number of hydrogen-bond acceptors (Lipinski definition) is 9. The van der Waals surface area contributed by atoms with Crippen molar-refractivity contribution in [2.45, 2.75) is 32.5 Å². The van der Waals surface area contributed by atoms with E-state index in [0.717, 1.165) is 23.1 Å². The third kappa shape index (κ3) is 6.56. The van der Waals surface area contributed by atoms with Crippen LogP contribution in [0.4, 0.5) is 5.00 Å². The lowest BCUT2D eigenvalue weighted by molar-refractivity contribution is -0.113. The van der Waals surface area contributed by atoms with Crippen LogP contribution in [0, 0.1) is 6.92 Å². The van der Waals surface area contributed by atoms with Crippen LogP contribution in [-0.2, 0) is 16.1 Å². The van der Waals surface area contributed by atoms with Crippen LogP contribution < -0.4 is 10.1 Å². The first-order chi connectivity index (χ1) is 15.8. The van der Waals surface area contributed by atoms with Crippen molar-refractivity contribution in [1.29, 1.82) is 0 Å². The summed E-state index contributed by atoms with van der Waals surface area (Å²) in [6.45, 7) is 5.11. The number of aromatic nitrogens is 3. The number of carbonyl (C=O) groups is 3. The Morgan fingerprint density at radius 1 is 1.24 bits per heavy atom. The van der Waals surface area contributed by atoms with Crippen LogP contribution in [0.5, 0.6) is 5.75 Å². The van der Waals surface area contributed by atoms with E-state index >= 15 is 0 Å². The first-order valence-electron chi connectivity index (χ1n) is 9.82. The average molecular weight is 509 g/mol. The zero-order valence-electron chi connectivity index (χ0n) is 18.1. The van der Waals surface area contributed by atoms with Gasteiger partial charge in [0.05, 0.1) is 22.8 Å². The minimum atomic E-state index is -0.582. The summed E-state index contributed by atoms with van der Waals surface area (Å²) >= 11 is 8.02. The van der Waals surface area contributed by atoms with Gasteiger partial charge in [0.15, 0.2) is 11.6 Å². The number of thiophene rings is 1. The van der Waals surface area contributed by atoms with Gasteiger partial charge in [0, 0.05) is 5.02 Å². The number of amides is 1. The van der Waals surface area contributed by atoms with Crippen molar-refractivity contribution in [2.24, 2.45) is 0 Å². The molecule has 0 atom stereocenters. The molecule has 0 unspecified atom stereocenters. The minimum Gasteiger partial charge on any atom is -0.486 e. The van der Waals surface area contributed by atoms with Crippen LogP contribution in [0.3, 0.4) is 0 Å². The number of anilines is 1. The highest BCUT2D eigenvalue weighted by molar-refractivity contribution is 7.99. The number of ketones is 1. The SMILES string of the molecule is CCOC(=O)c1c(NC(=O)CSc2n[nH]c(COc3ccc(Cl)cc3)n2)sc(C(C)=O)c1C. The van der Waals surface area contributed by atoms with Crippen LogP contribution in [0.2, 0.25) is 5.02 Å². The molecule has 0 bridgehead atoms. The summed E-state index contributed by atoms with van der Waals surface area (Å²) in [4.78, 5) is 41.4. The van der Waals surface area contributed by atoms with Gasteiger partial charge >= 0.3 is 5.97 Å². The van der Waals surface area contributed by atoms with Crippen LogP contribution in [0.1, 0.15) is 45.3 Å². The van der Waals surface area contributed by atoms with Gasteiger partial charge < -0.3 is 14.8 Å². The summed E-state index contributed by atoms with van der Waals surface area (Å²) < 4.78 is 10.7. The van der Waals surface area contributed by atoms with Gasteiger partial charge in [-0.3, -0.25) is 14.7 Å². The number of rotatable bonds is 10. The number of hydrogen-bond donors (Lipinski definition) is 2. The maximum atomic E-state index is 12.5. The zero-order chi connectivity index (χ0) is 24.0. The summed E-state index contributed by atoms with van der Waals surface area (Å²) in [5.74, 6) is -0.00159. The number of nitrogens with one attached hydrogen (secondary N) is 2. The maximum absolute atomic E-state index is 12.5. The van der Waals surface area contributed by atoms with Crippen molar-refractivity contribution in [1.82, 2.24) is 15.2 Å². The van der Waals surface area contributed by atoms with Crippen molar-refractivity contribution in [2.75, 3.05) is 17.7 Å². The molecule has 1 amide bonds. The predicted octanol–water partition coefficient (Wildman–Crippen LogP) is 4.52. The van der Waals surface area contributed by atoms with E-state index in [1.54, 1.807) is 38.1 Å². The Labute approximate surface area is 203 Å². The zero-order valence-corrected chi connectivity index (χ0v) is 20.4. The molecule has 0 aliphatic heterocycles. The van der Waals surface area contributed by atoms with Crippen molar-refractivity contribution in [3.8, 4) is 5.75 Å². The normalized spacial score (nSPS) is 10.7. The summed E-state index contributed by atoms with van der Waals surface area (Å²) in [5.41, 5.74) is 0.693. The van der Waals surface area contributed by atoms with Crippen LogP contribution in [-0.4, -0.2) is 45.2 Å². The molecule has 2 N–H and O–H groups in total. The molecule has 0 aliphatic rings. The Kier molecular flexibility index (Phi) is 8.48. The summed E-state index contributed by atoms with van der Waals surface area (Å²) in [7, 11) is 0. The number of thioether (sulfide) groups is 1. The molecule has 0 radical (unpaired) electrons. The van der Waals surface area contributed by atoms with Crippen molar-refractivity contribution >= 4 is 57.4 Å². The fourth-order valence-electron chi connectivity index (χ4n) is 2.77. The van der Waals surface area contributed by atoms with E-state index in [0.29, 0.717) is 32.2 Å². The molecular formula is C21H21ClN4O5S2. The molecule has 33 heavy (non-hydrogen) atoms. The van der Waals surface area contributed by atoms with Gasteiger partial charge in [0.1, 0.15) is 17.4 Å². The third-order valence-corrected chi connectivity index (χ3v) is 6.64. The average Bonchev–Trinajstić information content (AvgIpc) is 3.36. The number of carbonyl (C=O) groups excluding carboxylic acids is 3. The summed E-state index contributed by atoms with van der Waals surface area (Å²) in [6, 6.07) is 6.93. The van der Waals surface area contributed by atoms with Crippen molar-refractivity contribution in [3.05, 3.63) is 51.1 Å². The first-order valence-corrected chi connectivity index (χ1v) is 12.0. The molecule has 3 aromatic rings. The van der Waals surface area contributed by atoms with E-state index in [1.807, 2.05) is 0 Å². The number of halogens is 1. The maximum Gasteiger partial charge on any atom is 0.341 e. The van der Waals surface area contributed by atoms with E-state index in [1.165, 1.54) is 6.92 Å². The number of nitrogens with zero attached hydrogens (tertiary/aromatic N) is 2. The second-order valence-electron chi connectivity index (χ2n) is 6.68. The summed E-state index contributed by atoms with van der Waals surface area (Å²) in [6.07, 6.45) is 0. The number of H-pyrrole nitrogens is 1. The van der Waals surface area contributed by atoms with Gasteiger partial charge in [-0.15, -0.1) is 16.4 Å². The number of benzene rings is 1. The molecule has 2 heterocycles. The lowest BCUT2D eigenvalue weighted by Crippen LogP contribution is -2.16. The topological polar surface area (TPSA) is 123 Å². The smallest absolute Gasteiger partial charge is 0.341 e. The van der Waals surface area contributed by atoms with Crippen LogP contribution in [0.25, 0.3) is 0 Å². The van der Waals surface area contributed by atoms with E-state index in [-0.39, 0.29) is 41.2 Å². The Morgan fingerprint density at radius 3 is 2.64 bits per heavy atom. The van der Waals surface area contributed by atoms with Crippen LogP contribution in [0.15, 0.2) is 29.4 Å². The molecule has 3 rings (SSSR count). The lowest BCUT2D eigenvalue weighted by atomic mass is 10.1. The highest BCUT2D eigenvalue weighted by Gasteiger charge is 2.25.